The van der Waals surface area contributed by atoms with Gasteiger partial charge < -0.3 is 15.4 Å². The number of ether oxygens (including phenoxy) is 1. The molecule has 2 amide bonds. The van der Waals surface area contributed by atoms with Crippen LogP contribution in [-0.2, 0) is 6.54 Å². The zero-order valence-electron chi connectivity index (χ0n) is 13.3. The van der Waals surface area contributed by atoms with Crippen LogP contribution in [0.1, 0.15) is 23.6 Å². The van der Waals surface area contributed by atoms with E-state index in [-0.39, 0.29) is 6.03 Å². The van der Waals surface area contributed by atoms with E-state index < -0.39 is 0 Å². The summed E-state index contributed by atoms with van der Waals surface area (Å²) in [6.45, 7) is 6.98. The number of para-hydroxylation sites is 1. The Morgan fingerprint density at radius 3 is 2.45 bits per heavy atom. The minimum Gasteiger partial charge on any atom is -0.494 e. The molecular formula is C18H22N2O2. The van der Waals surface area contributed by atoms with Gasteiger partial charge in [0.05, 0.1) is 6.61 Å². The van der Waals surface area contributed by atoms with E-state index in [1.54, 1.807) is 0 Å². The Hall–Kier alpha value is -2.49. The molecule has 0 aliphatic rings. The summed E-state index contributed by atoms with van der Waals surface area (Å²) in [5.41, 5.74) is 4.00. The van der Waals surface area contributed by atoms with Crippen molar-refractivity contribution in [2.24, 2.45) is 0 Å². The minimum absolute atomic E-state index is 0.226. The fraction of sp³-hybridized carbons (Fsp3) is 0.278. The molecule has 0 unspecified atom stereocenters. The molecule has 0 aromatic heterocycles. The van der Waals surface area contributed by atoms with E-state index in [1.807, 2.05) is 57.2 Å². The maximum absolute atomic E-state index is 12.0. The summed E-state index contributed by atoms with van der Waals surface area (Å²) in [6.07, 6.45) is 0. The van der Waals surface area contributed by atoms with Crippen LogP contribution in [0.25, 0.3) is 0 Å². The molecule has 0 radical (unpaired) electrons. The Labute approximate surface area is 131 Å². The van der Waals surface area contributed by atoms with Gasteiger partial charge in [-0.05, 0) is 50.1 Å². The third kappa shape index (κ3) is 4.52. The molecule has 0 saturated heterocycles. The van der Waals surface area contributed by atoms with Crippen molar-refractivity contribution >= 4 is 11.7 Å². The van der Waals surface area contributed by atoms with Crippen molar-refractivity contribution < 1.29 is 9.53 Å². The van der Waals surface area contributed by atoms with Gasteiger partial charge in [0, 0.05) is 17.8 Å². The average molecular weight is 298 g/mol. The number of hydrogen-bond donors (Lipinski definition) is 2. The van der Waals surface area contributed by atoms with Crippen LogP contribution < -0.4 is 15.4 Å². The van der Waals surface area contributed by atoms with Gasteiger partial charge >= 0.3 is 6.03 Å². The number of rotatable bonds is 5. The highest BCUT2D eigenvalue weighted by atomic mass is 16.5. The van der Waals surface area contributed by atoms with Crippen LogP contribution in [-0.4, -0.2) is 12.6 Å². The smallest absolute Gasteiger partial charge is 0.319 e. The van der Waals surface area contributed by atoms with Crippen molar-refractivity contribution in [2.45, 2.75) is 27.3 Å². The Morgan fingerprint density at radius 2 is 1.77 bits per heavy atom. The summed E-state index contributed by atoms with van der Waals surface area (Å²) in [7, 11) is 0. The van der Waals surface area contributed by atoms with Crippen molar-refractivity contribution in [3.8, 4) is 5.75 Å². The van der Waals surface area contributed by atoms with E-state index in [2.05, 4.69) is 16.7 Å². The summed E-state index contributed by atoms with van der Waals surface area (Å²) in [4.78, 5) is 12.0. The fourth-order valence-electron chi connectivity index (χ4n) is 2.34. The van der Waals surface area contributed by atoms with Gasteiger partial charge in [0.1, 0.15) is 5.75 Å². The highest BCUT2D eigenvalue weighted by molar-refractivity contribution is 5.89. The number of urea groups is 1. The molecule has 0 bridgehead atoms. The first-order chi connectivity index (χ1) is 10.6. The Balaban J connectivity index is 1.95. The topological polar surface area (TPSA) is 50.4 Å². The van der Waals surface area contributed by atoms with Crippen LogP contribution >= 0.6 is 0 Å². The number of aryl methyl sites for hydroxylation is 2. The van der Waals surface area contributed by atoms with E-state index >= 15 is 0 Å². The lowest BCUT2D eigenvalue weighted by atomic mass is 10.1. The number of nitrogens with one attached hydrogen (secondary N) is 2. The van der Waals surface area contributed by atoms with Gasteiger partial charge in [-0.1, -0.05) is 24.3 Å². The molecule has 4 nitrogen and oxygen atoms in total. The molecule has 2 rings (SSSR count). The van der Waals surface area contributed by atoms with Gasteiger partial charge in [-0.15, -0.1) is 0 Å². The summed E-state index contributed by atoms with van der Waals surface area (Å²) in [5.74, 6) is 0.803. The normalized spacial score (nSPS) is 10.1. The number of carbonyl (C=O) groups excluding carboxylic acids is 1. The van der Waals surface area contributed by atoms with Gasteiger partial charge in [0.2, 0.25) is 0 Å². The van der Waals surface area contributed by atoms with Gasteiger partial charge in [-0.3, -0.25) is 0 Å². The van der Waals surface area contributed by atoms with Crippen molar-refractivity contribution in [3.63, 3.8) is 0 Å². The third-order valence-corrected chi connectivity index (χ3v) is 3.19. The first-order valence-corrected chi connectivity index (χ1v) is 7.42. The SMILES string of the molecule is CCOc1ccccc1CNC(=O)Nc1cc(C)cc(C)c1. The molecule has 0 saturated carbocycles. The lowest BCUT2D eigenvalue weighted by Gasteiger charge is -2.12. The number of benzene rings is 2. The van der Waals surface area contributed by atoms with Crippen molar-refractivity contribution in [2.75, 3.05) is 11.9 Å². The summed E-state index contributed by atoms with van der Waals surface area (Å²) in [6, 6.07) is 13.4. The van der Waals surface area contributed by atoms with Crippen LogP contribution in [0.2, 0.25) is 0 Å². The second-order valence-electron chi connectivity index (χ2n) is 5.22. The molecule has 22 heavy (non-hydrogen) atoms. The quantitative estimate of drug-likeness (QED) is 0.875. The van der Waals surface area contributed by atoms with Crippen LogP contribution in [0.5, 0.6) is 5.75 Å². The summed E-state index contributed by atoms with van der Waals surface area (Å²) >= 11 is 0. The number of carbonyl (C=O) groups is 1. The van der Waals surface area contributed by atoms with E-state index in [0.29, 0.717) is 13.2 Å². The molecule has 0 atom stereocenters. The zero-order chi connectivity index (χ0) is 15.9. The standard InChI is InChI=1S/C18H22N2O2/c1-4-22-17-8-6-5-7-15(17)12-19-18(21)20-16-10-13(2)9-14(3)11-16/h5-11H,4,12H2,1-3H3,(H2,19,20,21). The number of anilines is 1. The first kappa shape index (κ1) is 15.9. The molecule has 0 aliphatic carbocycles. The highest BCUT2D eigenvalue weighted by Gasteiger charge is 2.06. The molecule has 0 fully saturated rings. The molecule has 0 heterocycles. The van der Waals surface area contributed by atoms with E-state index in [0.717, 1.165) is 28.1 Å². The predicted molar refractivity (Wildman–Crippen MR) is 89.4 cm³/mol. The van der Waals surface area contributed by atoms with Crippen LogP contribution in [0, 0.1) is 13.8 Å². The largest absolute Gasteiger partial charge is 0.494 e. The lowest BCUT2D eigenvalue weighted by Crippen LogP contribution is -2.28. The van der Waals surface area contributed by atoms with Crippen LogP contribution in [0.3, 0.4) is 0 Å². The van der Waals surface area contributed by atoms with Gasteiger partial charge in [-0.25, -0.2) is 4.79 Å². The van der Waals surface area contributed by atoms with Crippen LogP contribution in [0.15, 0.2) is 42.5 Å². The fourth-order valence-corrected chi connectivity index (χ4v) is 2.34. The average Bonchev–Trinajstić information content (AvgIpc) is 2.45. The molecule has 4 heteroatoms. The Bertz CT molecular complexity index is 633. The summed E-state index contributed by atoms with van der Waals surface area (Å²) in [5, 5.41) is 5.71. The zero-order valence-corrected chi connectivity index (χ0v) is 13.3. The lowest BCUT2D eigenvalue weighted by molar-refractivity contribution is 0.251. The highest BCUT2D eigenvalue weighted by Crippen LogP contribution is 2.18. The van der Waals surface area contributed by atoms with Gasteiger partial charge in [0.25, 0.3) is 0 Å². The van der Waals surface area contributed by atoms with E-state index in [4.69, 9.17) is 4.74 Å². The molecule has 2 aromatic carbocycles. The second kappa shape index (κ2) is 7.50. The van der Waals surface area contributed by atoms with E-state index in [9.17, 15) is 4.79 Å². The molecule has 0 aliphatic heterocycles. The molecule has 2 N–H and O–H groups in total. The monoisotopic (exact) mass is 298 g/mol. The molecular weight excluding hydrogens is 276 g/mol. The van der Waals surface area contributed by atoms with Crippen molar-refractivity contribution in [3.05, 3.63) is 59.2 Å². The predicted octanol–water partition coefficient (Wildman–Crippen LogP) is 4.02. The third-order valence-electron chi connectivity index (χ3n) is 3.19. The Morgan fingerprint density at radius 1 is 1.09 bits per heavy atom. The molecule has 116 valence electrons. The maximum atomic E-state index is 12.0. The maximum Gasteiger partial charge on any atom is 0.319 e. The van der Waals surface area contributed by atoms with Crippen molar-refractivity contribution in [1.29, 1.82) is 0 Å². The number of hydrogen-bond acceptors (Lipinski definition) is 2. The molecule has 2 aromatic rings. The number of amides is 2. The minimum atomic E-state index is -0.226. The second-order valence-corrected chi connectivity index (χ2v) is 5.22. The van der Waals surface area contributed by atoms with Gasteiger partial charge in [-0.2, -0.15) is 0 Å². The van der Waals surface area contributed by atoms with Crippen LogP contribution in [0.4, 0.5) is 10.5 Å². The van der Waals surface area contributed by atoms with Gasteiger partial charge in [0.15, 0.2) is 0 Å². The van der Waals surface area contributed by atoms with E-state index in [1.165, 1.54) is 0 Å². The molecule has 0 spiro atoms. The summed E-state index contributed by atoms with van der Waals surface area (Å²) < 4.78 is 5.55. The Kier molecular flexibility index (Phi) is 5.42. The van der Waals surface area contributed by atoms with Crippen molar-refractivity contribution in [1.82, 2.24) is 5.32 Å². The first-order valence-electron chi connectivity index (χ1n) is 7.42.